The van der Waals surface area contributed by atoms with Gasteiger partial charge in [-0.2, -0.15) is 0 Å². The minimum atomic E-state index is 0.00948. The lowest BCUT2D eigenvalue weighted by Gasteiger charge is -2.23. The number of benzene rings is 1. The molecule has 0 aromatic heterocycles. The number of ether oxygens (including phenoxy) is 3. The van der Waals surface area contributed by atoms with E-state index < -0.39 is 0 Å². The highest BCUT2D eigenvalue weighted by molar-refractivity contribution is 5.76. The van der Waals surface area contributed by atoms with E-state index in [1.165, 1.54) is 5.56 Å². The third-order valence-electron chi connectivity index (χ3n) is 4.29. The van der Waals surface area contributed by atoms with Crippen molar-refractivity contribution in [2.24, 2.45) is 0 Å². The molecule has 0 bridgehead atoms. The Hall–Kier alpha value is -1.79. The maximum Gasteiger partial charge on any atom is 0.221 e. The summed E-state index contributed by atoms with van der Waals surface area (Å²) < 4.78 is 16.9. The predicted molar refractivity (Wildman–Crippen MR) is 90.5 cm³/mol. The lowest BCUT2D eigenvalue weighted by Crippen LogP contribution is -2.44. The molecule has 132 valence electrons. The standard InChI is InChI=1S/C18H26N2O4/c1-3-23-16-7-13-6-12(2)24-17(13)8-14(16)10-20-18(21)9-15-11-22-5-4-19-15/h7-8,12,15,19H,3-6,9-11H2,1-2H3,(H,20,21). The van der Waals surface area contributed by atoms with Crippen LogP contribution in [0.3, 0.4) is 0 Å². The van der Waals surface area contributed by atoms with Crippen molar-refractivity contribution < 1.29 is 19.0 Å². The van der Waals surface area contributed by atoms with E-state index in [1.807, 2.05) is 19.1 Å². The maximum atomic E-state index is 12.2. The molecule has 0 saturated carbocycles. The quantitative estimate of drug-likeness (QED) is 0.823. The van der Waals surface area contributed by atoms with Crippen molar-refractivity contribution in [2.45, 2.75) is 45.4 Å². The highest BCUT2D eigenvalue weighted by Crippen LogP contribution is 2.35. The van der Waals surface area contributed by atoms with Crippen molar-refractivity contribution in [3.63, 3.8) is 0 Å². The Bertz CT molecular complexity index is 585. The summed E-state index contributed by atoms with van der Waals surface area (Å²) >= 11 is 0. The van der Waals surface area contributed by atoms with Crippen LogP contribution in [-0.2, 0) is 22.5 Å². The zero-order valence-electron chi connectivity index (χ0n) is 14.4. The van der Waals surface area contributed by atoms with Crippen molar-refractivity contribution in [1.82, 2.24) is 10.6 Å². The molecule has 0 aliphatic carbocycles. The molecule has 2 atom stereocenters. The first kappa shape index (κ1) is 17.0. The number of amides is 1. The molecule has 3 rings (SSSR count). The lowest BCUT2D eigenvalue weighted by atomic mass is 10.1. The molecule has 1 amide bonds. The van der Waals surface area contributed by atoms with Crippen LogP contribution in [0, 0.1) is 0 Å². The van der Waals surface area contributed by atoms with Gasteiger partial charge in [0.15, 0.2) is 0 Å². The summed E-state index contributed by atoms with van der Waals surface area (Å²) in [6.45, 7) is 7.15. The van der Waals surface area contributed by atoms with Crippen LogP contribution in [0.5, 0.6) is 11.5 Å². The average Bonchev–Trinajstić information content (AvgIpc) is 2.93. The Balaban J connectivity index is 1.61. The number of rotatable bonds is 6. The van der Waals surface area contributed by atoms with E-state index >= 15 is 0 Å². The monoisotopic (exact) mass is 334 g/mol. The molecule has 24 heavy (non-hydrogen) atoms. The van der Waals surface area contributed by atoms with Crippen LogP contribution in [0.4, 0.5) is 0 Å². The number of hydrogen-bond acceptors (Lipinski definition) is 5. The van der Waals surface area contributed by atoms with Gasteiger partial charge in [-0.05, 0) is 26.0 Å². The summed E-state index contributed by atoms with van der Waals surface area (Å²) in [5.41, 5.74) is 2.12. The van der Waals surface area contributed by atoms with Gasteiger partial charge in [-0.15, -0.1) is 0 Å². The minimum absolute atomic E-state index is 0.00948. The number of nitrogens with one attached hydrogen (secondary N) is 2. The Morgan fingerprint density at radius 3 is 3.08 bits per heavy atom. The summed E-state index contributed by atoms with van der Waals surface area (Å²) in [6, 6.07) is 4.13. The summed E-state index contributed by atoms with van der Waals surface area (Å²) in [7, 11) is 0. The largest absolute Gasteiger partial charge is 0.494 e. The van der Waals surface area contributed by atoms with Crippen molar-refractivity contribution in [3.8, 4) is 11.5 Å². The fraction of sp³-hybridized carbons (Fsp3) is 0.611. The molecular weight excluding hydrogens is 308 g/mol. The molecular formula is C18H26N2O4. The summed E-state index contributed by atoms with van der Waals surface area (Å²) in [5.74, 6) is 1.74. The molecule has 2 aliphatic rings. The molecule has 1 aromatic carbocycles. The van der Waals surface area contributed by atoms with Crippen LogP contribution in [0.2, 0.25) is 0 Å². The molecule has 1 aromatic rings. The van der Waals surface area contributed by atoms with Gasteiger partial charge in [0.25, 0.3) is 0 Å². The number of hydrogen-bond donors (Lipinski definition) is 2. The number of carbonyl (C=O) groups excluding carboxylic acids is 1. The third kappa shape index (κ3) is 4.19. The summed E-state index contributed by atoms with van der Waals surface area (Å²) in [6.07, 6.45) is 1.51. The third-order valence-corrected chi connectivity index (χ3v) is 4.29. The van der Waals surface area contributed by atoms with E-state index in [1.54, 1.807) is 0 Å². The first-order valence-electron chi connectivity index (χ1n) is 8.68. The van der Waals surface area contributed by atoms with E-state index in [4.69, 9.17) is 14.2 Å². The smallest absolute Gasteiger partial charge is 0.221 e. The van der Waals surface area contributed by atoms with Gasteiger partial charge in [-0.1, -0.05) is 0 Å². The minimum Gasteiger partial charge on any atom is -0.494 e. The van der Waals surface area contributed by atoms with Crippen molar-refractivity contribution in [1.29, 1.82) is 0 Å². The normalized spacial score (nSPS) is 22.6. The molecule has 2 aliphatic heterocycles. The van der Waals surface area contributed by atoms with E-state index in [0.717, 1.165) is 30.0 Å². The number of morpholine rings is 1. The Morgan fingerprint density at radius 1 is 1.46 bits per heavy atom. The van der Waals surface area contributed by atoms with Crippen LogP contribution in [0.15, 0.2) is 12.1 Å². The van der Waals surface area contributed by atoms with Gasteiger partial charge in [0, 0.05) is 43.1 Å². The summed E-state index contributed by atoms with van der Waals surface area (Å²) in [5, 5.41) is 6.27. The molecule has 0 radical (unpaired) electrons. The second kappa shape index (κ2) is 7.85. The fourth-order valence-corrected chi connectivity index (χ4v) is 3.15. The zero-order chi connectivity index (χ0) is 16.9. The van der Waals surface area contributed by atoms with Crippen LogP contribution in [-0.4, -0.2) is 44.4 Å². The van der Waals surface area contributed by atoms with Gasteiger partial charge >= 0.3 is 0 Å². The van der Waals surface area contributed by atoms with Gasteiger partial charge in [0.1, 0.15) is 17.6 Å². The van der Waals surface area contributed by atoms with Crippen molar-refractivity contribution in [3.05, 3.63) is 23.3 Å². The van der Waals surface area contributed by atoms with Crippen LogP contribution in [0.1, 0.15) is 31.4 Å². The number of fused-ring (bicyclic) bond motifs is 1. The molecule has 2 heterocycles. The Kier molecular flexibility index (Phi) is 5.58. The lowest BCUT2D eigenvalue weighted by molar-refractivity contribution is -0.122. The topological polar surface area (TPSA) is 68.8 Å². The van der Waals surface area contributed by atoms with Gasteiger partial charge < -0.3 is 24.8 Å². The Labute approximate surface area is 142 Å². The highest BCUT2D eigenvalue weighted by atomic mass is 16.5. The van der Waals surface area contributed by atoms with E-state index in [9.17, 15) is 4.79 Å². The van der Waals surface area contributed by atoms with E-state index in [0.29, 0.717) is 32.8 Å². The SMILES string of the molecule is CCOc1cc2c(cc1CNC(=O)CC1COCCN1)OC(C)C2. The van der Waals surface area contributed by atoms with Crippen molar-refractivity contribution >= 4 is 5.91 Å². The van der Waals surface area contributed by atoms with Crippen LogP contribution in [0.25, 0.3) is 0 Å². The maximum absolute atomic E-state index is 12.2. The van der Waals surface area contributed by atoms with Crippen LogP contribution >= 0.6 is 0 Å². The van der Waals surface area contributed by atoms with Crippen molar-refractivity contribution in [2.75, 3.05) is 26.4 Å². The Morgan fingerprint density at radius 2 is 2.33 bits per heavy atom. The number of carbonyl (C=O) groups is 1. The molecule has 6 nitrogen and oxygen atoms in total. The second-order valence-electron chi connectivity index (χ2n) is 6.34. The molecule has 1 fully saturated rings. The van der Waals surface area contributed by atoms with E-state index in [2.05, 4.69) is 17.6 Å². The first-order chi connectivity index (χ1) is 11.7. The van der Waals surface area contributed by atoms with Gasteiger partial charge in [-0.3, -0.25) is 4.79 Å². The zero-order valence-corrected chi connectivity index (χ0v) is 14.4. The van der Waals surface area contributed by atoms with Gasteiger partial charge in [0.2, 0.25) is 5.91 Å². The molecule has 2 N–H and O–H groups in total. The van der Waals surface area contributed by atoms with E-state index in [-0.39, 0.29) is 18.1 Å². The average molecular weight is 334 g/mol. The fourth-order valence-electron chi connectivity index (χ4n) is 3.15. The second-order valence-corrected chi connectivity index (χ2v) is 6.34. The summed E-state index contributed by atoms with van der Waals surface area (Å²) in [4.78, 5) is 12.2. The molecule has 0 spiro atoms. The first-order valence-corrected chi connectivity index (χ1v) is 8.68. The van der Waals surface area contributed by atoms with Gasteiger partial charge in [-0.25, -0.2) is 0 Å². The van der Waals surface area contributed by atoms with Gasteiger partial charge in [0.05, 0.1) is 19.8 Å². The molecule has 6 heteroatoms. The molecule has 2 unspecified atom stereocenters. The molecule has 1 saturated heterocycles. The predicted octanol–water partition coefficient (Wildman–Crippen LogP) is 1.40. The van der Waals surface area contributed by atoms with Crippen LogP contribution < -0.4 is 20.1 Å². The highest BCUT2D eigenvalue weighted by Gasteiger charge is 2.22.